The first-order valence-electron chi connectivity index (χ1n) is 7.52. The number of halogens is 1. The molecule has 5 heteroatoms. The number of para-hydroxylation sites is 1. The number of hydrogen-bond donors (Lipinski definition) is 1. The third-order valence-corrected chi connectivity index (χ3v) is 5.28. The second-order valence-electron chi connectivity index (χ2n) is 5.46. The van der Waals surface area contributed by atoms with Crippen molar-refractivity contribution in [2.45, 2.75) is 26.2 Å². The standard InChI is InChI=1S/C18H17BrN2OS/c1-12-9-10-14(13(19)11-12)20-17(22)7-4-8-18-21-15-5-2-3-6-16(15)23-18/h2-3,5-6,9-11H,4,7-8H2,1H3,(H,20,22). The van der Waals surface area contributed by atoms with Gasteiger partial charge in [0, 0.05) is 10.9 Å². The van der Waals surface area contributed by atoms with Crippen molar-refractivity contribution >= 4 is 49.1 Å². The number of carbonyl (C=O) groups excluding carboxylic acids is 1. The average Bonchev–Trinajstić information content (AvgIpc) is 2.93. The van der Waals surface area contributed by atoms with Gasteiger partial charge in [0.05, 0.1) is 20.9 Å². The molecule has 0 saturated carbocycles. The Labute approximate surface area is 147 Å². The van der Waals surface area contributed by atoms with Crippen LogP contribution < -0.4 is 5.32 Å². The number of rotatable bonds is 5. The number of anilines is 1. The van der Waals surface area contributed by atoms with E-state index in [0.29, 0.717) is 6.42 Å². The van der Waals surface area contributed by atoms with Crippen molar-refractivity contribution in [3.8, 4) is 0 Å². The van der Waals surface area contributed by atoms with Gasteiger partial charge in [0.2, 0.25) is 5.91 Å². The van der Waals surface area contributed by atoms with E-state index in [2.05, 4.69) is 32.3 Å². The average molecular weight is 389 g/mol. The van der Waals surface area contributed by atoms with Gasteiger partial charge in [-0.3, -0.25) is 4.79 Å². The van der Waals surface area contributed by atoms with Gasteiger partial charge >= 0.3 is 0 Å². The molecule has 1 heterocycles. The second-order valence-corrected chi connectivity index (χ2v) is 7.43. The van der Waals surface area contributed by atoms with Crippen molar-refractivity contribution in [2.75, 3.05) is 5.32 Å². The molecule has 0 spiro atoms. The molecule has 1 amide bonds. The number of nitrogens with zero attached hydrogens (tertiary/aromatic N) is 1. The maximum absolute atomic E-state index is 12.1. The minimum absolute atomic E-state index is 0.0377. The third-order valence-electron chi connectivity index (χ3n) is 3.53. The number of aryl methyl sites for hydroxylation is 2. The van der Waals surface area contributed by atoms with E-state index in [4.69, 9.17) is 0 Å². The minimum Gasteiger partial charge on any atom is -0.325 e. The fourth-order valence-electron chi connectivity index (χ4n) is 2.36. The third kappa shape index (κ3) is 4.18. The topological polar surface area (TPSA) is 42.0 Å². The molecular formula is C18H17BrN2OS. The van der Waals surface area contributed by atoms with Crippen LogP contribution in [0.4, 0.5) is 5.69 Å². The predicted molar refractivity (Wildman–Crippen MR) is 100 cm³/mol. The zero-order chi connectivity index (χ0) is 16.2. The number of fused-ring (bicyclic) bond motifs is 1. The molecule has 3 rings (SSSR count). The summed E-state index contributed by atoms with van der Waals surface area (Å²) in [5.41, 5.74) is 3.02. The minimum atomic E-state index is 0.0377. The summed E-state index contributed by atoms with van der Waals surface area (Å²) < 4.78 is 2.12. The van der Waals surface area contributed by atoms with Gasteiger partial charge in [-0.05, 0) is 65.5 Å². The van der Waals surface area contributed by atoms with E-state index in [9.17, 15) is 4.79 Å². The van der Waals surface area contributed by atoms with Crippen LogP contribution in [-0.2, 0) is 11.2 Å². The number of carbonyl (C=O) groups is 1. The number of nitrogens with one attached hydrogen (secondary N) is 1. The van der Waals surface area contributed by atoms with E-state index in [1.165, 1.54) is 4.70 Å². The summed E-state index contributed by atoms with van der Waals surface area (Å²) in [6, 6.07) is 14.0. The number of benzene rings is 2. The van der Waals surface area contributed by atoms with E-state index in [-0.39, 0.29) is 5.91 Å². The summed E-state index contributed by atoms with van der Waals surface area (Å²) in [7, 11) is 0. The molecule has 0 atom stereocenters. The highest BCUT2D eigenvalue weighted by Gasteiger charge is 2.08. The molecule has 0 saturated heterocycles. The molecule has 3 nitrogen and oxygen atoms in total. The second kappa shape index (κ2) is 7.23. The molecule has 0 aliphatic rings. The molecular weight excluding hydrogens is 372 g/mol. The SMILES string of the molecule is Cc1ccc(NC(=O)CCCc2nc3ccccc3s2)c(Br)c1. The highest BCUT2D eigenvalue weighted by Crippen LogP contribution is 2.24. The molecule has 0 radical (unpaired) electrons. The van der Waals surface area contributed by atoms with Gasteiger partial charge in [0.1, 0.15) is 0 Å². The maximum Gasteiger partial charge on any atom is 0.224 e. The van der Waals surface area contributed by atoms with Crippen molar-refractivity contribution in [3.05, 3.63) is 57.5 Å². The van der Waals surface area contributed by atoms with E-state index >= 15 is 0 Å². The first kappa shape index (κ1) is 16.1. The van der Waals surface area contributed by atoms with Crippen molar-refractivity contribution in [1.29, 1.82) is 0 Å². The molecule has 118 valence electrons. The summed E-state index contributed by atoms with van der Waals surface area (Å²) in [6.45, 7) is 2.02. The number of hydrogen-bond acceptors (Lipinski definition) is 3. The number of amides is 1. The van der Waals surface area contributed by atoms with Crippen LogP contribution in [0.3, 0.4) is 0 Å². The van der Waals surface area contributed by atoms with Crippen LogP contribution in [-0.4, -0.2) is 10.9 Å². The quantitative estimate of drug-likeness (QED) is 0.641. The molecule has 1 aromatic heterocycles. The zero-order valence-corrected chi connectivity index (χ0v) is 15.2. The van der Waals surface area contributed by atoms with Crippen LogP contribution >= 0.6 is 27.3 Å². The number of aromatic nitrogens is 1. The Balaban J connectivity index is 1.52. The van der Waals surface area contributed by atoms with Crippen molar-refractivity contribution in [3.63, 3.8) is 0 Å². The maximum atomic E-state index is 12.1. The van der Waals surface area contributed by atoms with Crippen LogP contribution in [0.15, 0.2) is 46.9 Å². The lowest BCUT2D eigenvalue weighted by Gasteiger charge is -2.07. The lowest BCUT2D eigenvalue weighted by atomic mass is 10.2. The largest absolute Gasteiger partial charge is 0.325 e. The Morgan fingerprint density at radius 3 is 2.87 bits per heavy atom. The van der Waals surface area contributed by atoms with Gasteiger partial charge in [-0.1, -0.05) is 18.2 Å². The summed E-state index contributed by atoms with van der Waals surface area (Å²) in [5, 5.41) is 4.04. The van der Waals surface area contributed by atoms with E-state index in [1.54, 1.807) is 11.3 Å². The summed E-state index contributed by atoms with van der Waals surface area (Å²) in [5.74, 6) is 0.0377. The van der Waals surface area contributed by atoms with E-state index in [1.807, 2.05) is 43.3 Å². The fourth-order valence-corrected chi connectivity index (χ4v) is 3.96. The van der Waals surface area contributed by atoms with E-state index in [0.717, 1.165) is 39.1 Å². The fraction of sp³-hybridized carbons (Fsp3) is 0.222. The Kier molecular flexibility index (Phi) is 5.08. The highest BCUT2D eigenvalue weighted by molar-refractivity contribution is 9.10. The van der Waals surface area contributed by atoms with Crippen LogP contribution in [0.25, 0.3) is 10.2 Å². The molecule has 0 fully saturated rings. The Hall–Kier alpha value is -1.72. The van der Waals surface area contributed by atoms with Crippen molar-refractivity contribution in [2.24, 2.45) is 0 Å². The highest BCUT2D eigenvalue weighted by atomic mass is 79.9. The van der Waals surface area contributed by atoms with Gasteiger partial charge < -0.3 is 5.32 Å². The summed E-state index contributed by atoms with van der Waals surface area (Å²) >= 11 is 5.18. The molecule has 1 N–H and O–H groups in total. The molecule has 23 heavy (non-hydrogen) atoms. The Bertz CT molecular complexity index is 811. The molecule has 0 aliphatic heterocycles. The molecule has 3 aromatic rings. The van der Waals surface area contributed by atoms with Crippen LogP contribution in [0.2, 0.25) is 0 Å². The van der Waals surface area contributed by atoms with Gasteiger partial charge in [-0.25, -0.2) is 4.98 Å². The molecule has 2 aromatic carbocycles. The monoisotopic (exact) mass is 388 g/mol. The zero-order valence-electron chi connectivity index (χ0n) is 12.8. The summed E-state index contributed by atoms with van der Waals surface area (Å²) in [6.07, 6.45) is 2.13. The van der Waals surface area contributed by atoms with Crippen LogP contribution in [0, 0.1) is 6.92 Å². The lowest BCUT2D eigenvalue weighted by Crippen LogP contribution is -2.11. The van der Waals surface area contributed by atoms with E-state index < -0.39 is 0 Å². The first-order chi connectivity index (χ1) is 11.1. The van der Waals surface area contributed by atoms with Gasteiger partial charge in [-0.15, -0.1) is 11.3 Å². The molecule has 0 unspecified atom stereocenters. The Morgan fingerprint density at radius 1 is 1.26 bits per heavy atom. The van der Waals surface area contributed by atoms with Crippen molar-refractivity contribution < 1.29 is 4.79 Å². The van der Waals surface area contributed by atoms with Crippen LogP contribution in [0.5, 0.6) is 0 Å². The van der Waals surface area contributed by atoms with Crippen LogP contribution in [0.1, 0.15) is 23.4 Å². The summed E-state index contributed by atoms with van der Waals surface area (Å²) in [4.78, 5) is 16.7. The Morgan fingerprint density at radius 2 is 2.09 bits per heavy atom. The first-order valence-corrected chi connectivity index (χ1v) is 9.13. The normalized spacial score (nSPS) is 10.9. The molecule has 0 aliphatic carbocycles. The smallest absolute Gasteiger partial charge is 0.224 e. The lowest BCUT2D eigenvalue weighted by molar-refractivity contribution is -0.116. The van der Waals surface area contributed by atoms with Gasteiger partial charge in [0.25, 0.3) is 0 Å². The molecule has 0 bridgehead atoms. The van der Waals surface area contributed by atoms with Crippen molar-refractivity contribution in [1.82, 2.24) is 4.98 Å². The predicted octanol–water partition coefficient (Wildman–Crippen LogP) is 5.33. The van der Waals surface area contributed by atoms with Gasteiger partial charge in [0.15, 0.2) is 0 Å². The number of thiazole rings is 1. The van der Waals surface area contributed by atoms with Gasteiger partial charge in [-0.2, -0.15) is 0 Å².